The van der Waals surface area contributed by atoms with Gasteiger partial charge in [0.25, 0.3) is 0 Å². The molecule has 2 N–H and O–H groups in total. The predicted molar refractivity (Wildman–Crippen MR) is 107 cm³/mol. The van der Waals surface area contributed by atoms with E-state index < -0.39 is 0 Å². The van der Waals surface area contributed by atoms with Crippen LogP contribution in [0.5, 0.6) is 0 Å². The van der Waals surface area contributed by atoms with Crippen molar-refractivity contribution < 1.29 is 9.47 Å². The van der Waals surface area contributed by atoms with E-state index in [1.165, 1.54) is 4.88 Å². The number of halogens is 1. The zero-order valence-electron chi connectivity index (χ0n) is 13.8. The van der Waals surface area contributed by atoms with Crippen molar-refractivity contribution in [3.05, 3.63) is 22.4 Å². The third-order valence-corrected chi connectivity index (χ3v) is 4.56. The van der Waals surface area contributed by atoms with Crippen LogP contribution < -0.4 is 10.6 Å². The molecule has 0 saturated carbocycles. The number of hydrogen-bond donors (Lipinski definition) is 2. The van der Waals surface area contributed by atoms with Crippen molar-refractivity contribution in [2.75, 3.05) is 40.0 Å². The van der Waals surface area contributed by atoms with Crippen LogP contribution in [0.2, 0.25) is 0 Å². The van der Waals surface area contributed by atoms with E-state index in [0.717, 1.165) is 64.7 Å². The summed E-state index contributed by atoms with van der Waals surface area (Å²) in [5, 5.41) is 8.71. The quantitative estimate of drug-likeness (QED) is 0.275. The van der Waals surface area contributed by atoms with Crippen molar-refractivity contribution in [1.82, 2.24) is 10.6 Å². The summed E-state index contributed by atoms with van der Waals surface area (Å²) in [6.45, 7) is 5.14. The fourth-order valence-corrected chi connectivity index (χ4v) is 2.99. The Morgan fingerprint density at radius 2 is 2.22 bits per heavy atom. The van der Waals surface area contributed by atoms with Crippen LogP contribution in [-0.2, 0) is 16.0 Å². The third kappa shape index (κ3) is 8.88. The molecular weight excluding hydrogens is 425 g/mol. The molecular formula is C16H28IN3O2S. The molecule has 0 bridgehead atoms. The summed E-state index contributed by atoms with van der Waals surface area (Å²) < 4.78 is 11.1. The first kappa shape index (κ1) is 20.7. The van der Waals surface area contributed by atoms with E-state index in [4.69, 9.17) is 9.47 Å². The van der Waals surface area contributed by atoms with Gasteiger partial charge < -0.3 is 20.1 Å². The maximum Gasteiger partial charge on any atom is 0.191 e. The molecule has 0 aliphatic carbocycles. The molecule has 0 unspecified atom stereocenters. The molecule has 7 heteroatoms. The minimum atomic E-state index is 0. The lowest BCUT2D eigenvalue weighted by Gasteiger charge is -2.21. The largest absolute Gasteiger partial charge is 0.381 e. The van der Waals surface area contributed by atoms with E-state index >= 15 is 0 Å². The van der Waals surface area contributed by atoms with E-state index in [9.17, 15) is 0 Å². The molecule has 132 valence electrons. The van der Waals surface area contributed by atoms with Crippen LogP contribution in [0.15, 0.2) is 22.5 Å². The molecule has 0 atom stereocenters. The smallest absolute Gasteiger partial charge is 0.191 e. The molecule has 23 heavy (non-hydrogen) atoms. The highest BCUT2D eigenvalue weighted by molar-refractivity contribution is 14.0. The van der Waals surface area contributed by atoms with Gasteiger partial charge in [0, 0.05) is 44.9 Å². The summed E-state index contributed by atoms with van der Waals surface area (Å²) in [6.07, 6.45) is 3.26. The normalized spacial score (nSPS) is 16.0. The molecule has 1 saturated heterocycles. The van der Waals surface area contributed by atoms with Crippen molar-refractivity contribution in [3.8, 4) is 0 Å². The number of nitrogens with zero attached hydrogens (tertiary/aromatic N) is 1. The molecule has 1 aromatic heterocycles. The first-order chi connectivity index (χ1) is 10.9. The van der Waals surface area contributed by atoms with Gasteiger partial charge in [0.1, 0.15) is 0 Å². The number of rotatable bonds is 8. The van der Waals surface area contributed by atoms with Crippen molar-refractivity contribution >= 4 is 41.3 Å². The Hall–Kier alpha value is -0.380. The van der Waals surface area contributed by atoms with Gasteiger partial charge in [-0.3, -0.25) is 4.99 Å². The third-order valence-electron chi connectivity index (χ3n) is 3.69. The number of thiophene rings is 1. The molecule has 1 fully saturated rings. The zero-order valence-corrected chi connectivity index (χ0v) is 16.9. The standard InChI is InChI=1S/C16H27N3O2S.HI/c1-17-16(19-12-15-4-2-11-22-15)18-7-3-8-21-13-14-5-9-20-10-6-14;/h2,4,11,14H,3,5-10,12-13H2,1H3,(H2,17,18,19);1H. The van der Waals surface area contributed by atoms with Crippen LogP contribution in [0.1, 0.15) is 24.1 Å². The van der Waals surface area contributed by atoms with Crippen molar-refractivity contribution in [2.45, 2.75) is 25.8 Å². The van der Waals surface area contributed by atoms with Gasteiger partial charge in [0.15, 0.2) is 5.96 Å². The Balaban J connectivity index is 0.00000264. The molecule has 0 spiro atoms. The topological polar surface area (TPSA) is 54.9 Å². The highest BCUT2D eigenvalue weighted by atomic mass is 127. The van der Waals surface area contributed by atoms with Crippen molar-refractivity contribution in [2.24, 2.45) is 10.9 Å². The first-order valence-corrected chi connectivity index (χ1v) is 8.89. The molecule has 1 aliphatic rings. The lowest BCUT2D eigenvalue weighted by atomic mass is 10.0. The van der Waals surface area contributed by atoms with Gasteiger partial charge in [-0.1, -0.05) is 6.07 Å². The van der Waals surface area contributed by atoms with Crippen LogP contribution in [0.25, 0.3) is 0 Å². The minimum Gasteiger partial charge on any atom is -0.381 e. The Morgan fingerprint density at radius 1 is 1.39 bits per heavy atom. The number of guanidine groups is 1. The first-order valence-electron chi connectivity index (χ1n) is 8.01. The summed E-state index contributed by atoms with van der Waals surface area (Å²) in [6, 6.07) is 4.18. The average molecular weight is 453 g/mol. The van der Waals surface area contributed by atoms with Gasteiger partial charge in [-0.15, -0.1) is 35.3 Å². The van der Waals surface area contributed by atoms with Gasteiger partial charge in [-0.05, 0) is 36.6 Å². The number of hydrogen-bond acceptors (Lipinski definition) is 4. The van der Waals surface area contributed by atoms with E-state index in [1.54, 1.807) is 18.4 Å². The van der Waals surface area contributed by atoms with E-state index in [-0.39, 0.29) is 24.0 Å². The number of ether oxygens (including phenoxy) is 2. The average Bonchev–Trinajstić information content (AvgIpc) is 3.08. The Labute approximate surface area is 160 Å². The second-order valence-corrected chi connectivity index (χ2v) is 6.45. The van der Waals surface area contributed by atoms with Crippen LogP contribution >= 0.6 is 35.3 Å². The highest BCUT2D eigenvalue weighted by Gasteiger charge is 2.13. The fourth-order valence-electron chi connectivity index (χ4n) is 2.35. The molecule has 5 nitrogen and oxygen atoms in total. The molecule has 2 rings (SSSR count). The lowest BCUT2D eigenvalue weighted by molar-refractivity contribution is 0.0203. The van der Waals surface area contributed by atoms with Gasteiger partial charge in [0.05, 0.1) is 6.54 Å². The van der Waals surface area contributed by atoms with Gasteiger partial charge in [-0.2, -0.15) is 0 Å². The van der Waals surface area contributed by atoms with E-state index in [1.807, 2.05) is 0 Å². The lowest BCUT2D eigenvalue weighted by Crippen LogP contribution is -2.37. The van der Waals surface area contributed by atoms with Crippen LogP contribution in [0, 0.1) is 5.92 Å². The zero-order chi connectivity index (χ0) is 15.5. The Bertz CT molecular complexity index is 423. The summed E-state index contributed by atoms with van der Waals surface area (Å²) in [5.74, 6) is 1.53. The van der Waals surface area contributed by atoms with Crippen molar-refractivity contribution in [3.63, 3.8) is 0 Å². The highest BCUT2D eigenvalue weighted by Crippen LogP contribution is 2.14. The van der Waals surface area contributed by atoms with Crippen LogP contribution in [0.3, 0.4) is 0 Å². The van der Waals surface area contributed by atoms with E-state index in [2.05, 4.69) is 33.1 Å². The van der Waals surface area contributed by atoms with Gasteiger partial charge in [-0.25, -0.2) is 0 Å². The van der Waals surface area contributed by atoms with Gasteiger partial charge >= 0.3 is 0 Å². The SMILES string of the molecule is CN=C(NCCCOCC1CCOCC1)NCc1cccs1.I. The number of aliphatic imine (C=N–C) groups is 1. The molecule has 0 aromatic carbocycles. The number of nitrogens with one attached hydrogen (secondary N) is 2. The Morgan fingerprint density at radius 3 is 2.91 bits per heavy atom. The summed E-state index contributed by atoms with van der Waals surface area (Å²) in [4.78, 5) is 5.53. The fraction of sp³-hybridized carbons (Fsp3) is 0.688. The van der Waals surface area contributed by atoms with Crippen LogP contribution in [-0.4, -0.2) is 46.0 Å². The maximum atomic E-state index is 5.75. The maximum absolute atomic E-state index is 5.75. The molecule has 1 aliphatic heterocycles. The molecule has 1 aromatic rings. The summed E-state index contributed by atoms with van der Waals surface area (Å²) >= 11 is 1.75. The molecule has 2 heterocycles. The molecule has 0 amide bonds. The van der Waals surface area contributed by atoms with Crippen LogP contribution in [0.4, 0.5) is 0 Å². The molecule has 0 radical (unpaired) electrons. The monoisotopic (exact) mass is 453 g/mol. The predicted octanol–water partition coefficient (Wildman–Crippen LogP) is 2.86. The minimum absolute atomic E-state index is 0. The van der Waals surface area contributed by atoms with Gasteiger partial charge in [0.2, 0.25) is 0 Å². The van der Waals surface area contributed by atoms with E-state index in [0.29, 0.717) is 5.92 Å². The second-order valence-electron chi connectivity index (χ2n) is 5.42. The second kappa shape index (κ2) is 13.0. The van der Waals surface area contributed by atoms with Crippen molar-refractivity contribution in [1.29, 1.82) is 0 Å². The Kier molecular flexibility index (Phi) is 11.7. The summed E-state index contributed by atoms with van der Waals surface area (Å²) in [7, 11) is 1.80. The summed E-state index contributed by atoms with van der Waals surface area (Å²) in [5.41, 5.74) is 0.